The summed E-state index contributed by atoms with van der Waals surface area (Å²) in [5, 5.41) is 5.25. The minimum Gasteiger partial charge on any atom is -0.356 e. The van der Waals surface area contributed by atoms with E-state index in [1.807, 2.05) is 0 Å². The fourth-order valence-electron chi connectivity index (χ4n) is 1.74. The van der Waals surface area contributed by atoms with Gasteiger partial charge >= 0.3 is 0 Å². The second kappa shape index (κ2) is 6.83. The van der Waals surface area contributed by atoms with Crippen molar-refractivity contribution in [3.63, 3.8) is 0 Å². The van der Waals surface area contributed by atoms with E-state index in [4.69, 9.17) is 0 Å². The van der Waals surface area contributed by atoms with Crippen molar-refractivity contribution in [2.24, 2.45) is 0 Å². The first-order valence-electron chi connectivity index (χ1n) is 6.37. The van der Waals surface area contributed by atoms with Gasteiger partial charge in [-0.3, -0.25) is 14.4 Å². The highest BCUT2D eigenvalue weighted by atomic mass is 16.2. The van der Waals surface area contributed by atoms with Crippen LogP contribution in [-0.4, -0.2) is 39.6 Å². The number of amides is 2. The SMILES string of the molecule is CC(=O)NCCC(=O)NC(C)(Cc1cnc[nH]1)C(C)=O. The van der Waals surface area contributed by atoms with Crippen molar-refractivity contribution in [2.75, 3.05) is 6.54 Å². The van der Waals surface area contributed by atoms with Crippen LogP contribution in [-0.2, 0) is 20.8 Å². The first-order chi connectivity index (χ1) is 9.33. The molecule has 110 valence electrons. The van der Waals surface area contributed by atoms with E-state index in [0.29, 0.717) is 6.42 Å². The van der Waals surface area contributed by atoms with Crippen LogP contribution < -0.4 is 10.6 Å². The quantitative estimate of drug-likeness (QED) is 0.651. The largest absolute Gasteiger partial charge is 0.356 e. The molecule has 1 aromatic rings. The van der Waals surface area contributed by atoms with Crippen LogP contribution in [0.2, 0.25) is 0 Å². The number of nitrogens with zero attached hydrogens (tertiary/aromatic N) is 1. The number of ketones is 1. The monoisotopic (exact) mass is 280 g/mol. The van der Waals surface area contributed by atoms with Gasteiger partial charge in [0, 0.05) is 38.2 Å². The van der Waals surface area contributed by atoms with Crippen molar-refractivity contribution in [3.8, 4) is 0 Å². The summed E-state index contributed by atoms with van der Waals surface area (Å²) in [6.07, 6.45) is 3.61. The lowest BCUT2D eigenvalue weighted by molar-refractivity contribution is -0.130. The summed E-state index contributed by atoms with van der Waals surface area (Å²) in [5.74, 6) is -0.611. The summed E-state index contributed by atoms with van der Waals surface area (Å²) in [6, 6.07) is 0. The molecule has 0 spiro atoms. The number of carbonyl (C=O) groups is 3. The molecule has 0 fully saturated rings. The lowest BCUT2D eigenvalue weighted by atomic mass is 9.91. The predicted molar refractivity (Wildman–Crippen MR) is 72.8 cm³/mol. The number of hydrogen-bond donors (Lipinski definition) is 3. The summed E-state index contributed by atoms with van der Waals surface area (Å²) >= 11 is 0. The second-order valence-electron chi connectivity index (χ2n) is 4.92. The van der Waals surface area contributed by atoms with E-state index in [9.17, 15) is 14.4 Å². The predicted octanol–water partition coefficient (Wildman–Crippen LogP) is -0.0577. The molecule has 0 saturated heterocycles. The maximum absolute atomic E-state index is 11.8. The molecule has 0 aromatic carbocycles. The Morgan fingerprint density at radius 1 is 1.35 bits per heavy atom. The van der Waals surface area contributed by atoms with Gasteiger partial charge in [-0.05, 0) is 13.8 Å². The molecule has 0 aliphatic rings. The molecule has 1 unspecified atom stereocenters. The molecule has 1 atom stereocenters. The third kappa shape index (κ3) is 4.83. The molecule has 1 rings (SSSR count). The Bertz CT molecular complexity index is 484. The van der Waals surface area contributed by atoms with Crippen LogP contribution in [0.4, 0.5) is 0 Å². The van der Waals surface area contributed by atoms with E-state index >= 15 is 0 Å². The molecule has 7 heteroatoms. The van der Waals surface area contributed by atoms with Gasteiger partial charge in [-0.1, -0.05) is 0 Å². The van der Waals surface area contributed by atoms with E-state index in [1.54, 1.807) is 13.1 Å². The maximum atomic E-state index is 11.8. The van der Waals surface area contributed by atoms with E-state index in [1.165, 1.54) is 20.2 Å². The lowest BCUT2D eigenvalue weighted by Crippen LogP contribution is -2.53. The number of Topliss-reactive ketones (excluding diaryl/α,β-unsaturated/α-hetero) is 1. The molecule has 0 bridgehead atoms. The summed E-state index contributed by atoms with van der Waals surface area (Å²) in [7, 11) is 0. The number of rotatable bonds is 7. The molecule has 2 amide bonds. The highest BCUT2D eigenvalue weighted by Crippen LogP contribution is 2.13. The van der Waals surface area contributed by atoms with Crippen LogP contribution in [0.1, 0.15) is 32.9 Å². The van der Waals surface area contributed by atoms with Crippen LogP contribution in [0, 0.1) is 0 Å². The highest BCUT2D eigenvalue weighted by Gasteiger charge is 2.32. The van der Waals surface area contributed by atoms with Crippen molar-refractivity contribution in [3.05, 3.63) is 18.2 Å². The zero-order valence-corrected chi connectivity index (χ0v) is 11.9. The number of hydrogen-bond acceptors (Lipinski definition) is 4. The third-order valence-electron chi connectivity index (χ3n) is 3.02. The Kier molecular flexibility index (Phi) is 5.42. The summed E-state index contributed by atoms with van der Waals surface area (Å²) in [6.45, 7) is 4.74. The molecular formula is C13H20N4O3. The highest BCUT2D eigenvalue weighted by molar-refractivity contribution is 5.91. The normalized spacial score (nSPS) is 13.3. The van der Waals surface area contributed by atoms with Crippen LogP contribution >= 0.6 is 0 Å². The summed E-state index contributed by atoms with van der Waals surface area (Å²) in [5.41, 5.74) is -0.218. The minimum atomic E-state index is -0.986. The Morgan fingerprint density at radius 2 is 2.05 bits per heavy atom. The Balaban J connectivity index is 2.59. The number of nitrogens with one attached hydrogen (secondary N) is 3. The molecule has 0 aliphatic carbocycles. The Hall–Kier alpha value is -2.18. The number of H-pyrrole nitrogens is 1. The van der Waals surface area contributed by atoms with Gasteiger partial charge in [0.25, 0.3) is 0 Å². The minimum absolute atomic E-state index is 0.130. The summed E-state index contributed by atoms with van der Waals surface area (Å²) < 4.78 is 0. The van der Waals surface area contributed by atoms with Crippen LogP contribution in [0.5, 0.6) is 0 Å². The first-order valence-corrected chi connectivity index (χ1v) is 6.37. The van der Waals surface area contributed by atoms with E-state index in [0.717, 1.165) is 5.69 Å². The molecule has 20 heavy (non-hydrogen) atoms. The van der Waals surface area contributed by atoms with Gasteiger partial charge in [-0.15, -0.1) is 0 Å². The zero-order chi connectivity index (χ0) is 15.2. The fourth-order valence-corrected chi connectivity index (χ4v) is 1.74. The molecule has 7 nitrogen and oxygen atoms in total. The number of aromatic nitrogens is 2. The smallest absolute Gasteiger partial charge is 0.222 e. The van der Waals surface area contributed by atoms with Gasteiger partial charge in [-0.2, -0.15) is 0 Å². The van der Waals surface area contributed by atoms with Crippen molar-refractivity contribution in [2.45, 2.75) is 39.2 Å². The van der Waals surface area contributed by atoms with Gasteiger partial charge < -0.3 is 15.6 Å². The number of imidazole rings is 1. The first kappa shape index (κ1) is 15.9. The molecule has 0 radical (unpaired) electrons. The van der Waals surface area contributed by atoms with Crippen molar-refractivity contribution in [1.29, 1.82) is 0 Å². The maximum Gasteiger partial charge on any atom is 0.222 e. The van der Waals surface area contributed by atoms with Gasteiger partial charge in [-0.25, -0.2) is 4.98 Å². The molecule has 3 N–H and O–H groups in total. The van der Waals surface area contributed by atoms with E-state index < -0.39 is 5.54 Å². The fraction of sp³-hybridized carbons (Fsp3) is 0.538. The molecule has 0 aliphatic heterocycles. The van der Waals surface area contributed by atoms with Gasteiger partial charge in [0.05, 0.1) is 6.33 Å². The Labute approximate surface area is 117 Å². The summed E-state index contributed by atoms with van der Waals surface area (Å²) in [4.78, 5) is 41.1. The van der Waals surface area contributed by atoms with E-state index in [2.05, 4.69) is 20.6 Å². The van der Waals surface area contributed by atoms with Crippen molar-refractivity contribution >= 4 is 17.6 Å². The van der Waals surface area contributed by atoms with Gasteiger partial charge in [0.1, 0.15) is 5.54 Å². The van der Waals surface area contributed by atoms with E-state index in [-0.39, 0.29) is 30.6 Å². The zero-order valence-electron chi connectivity index (χ0n) is 11.9. The van der Waals surface area contributed by atoms with Crippen molar-refractivity contribution < 1.29 is 14.4 Å². The molecule has 0 saturated carbocycles. The Morgan fingerprint density at radius 3 is 2.55 bits per heavy atom. The van der Waals surface area contributed by atoms with Crippen LogP contribution in [0.3, 0.4) is 0 Å². The molecule has 1 aromatic heterocycles. The lowest BCUT2D eigenvalue weighted by Gasteiger charge is -2.27. The molecular weight excluding hydrogens is 260 g/mol. The number of aromatic amines is 1. The topological polar surface area (TPSA) is 104 Å². The van der Waals surface area contributed by atoms with Crippen LogP contribution in [0.25, 0.3) is 0 Å². The van der Waals surface area contributed by atoms with Gasteiger partial charge in [0.15, 0.2) is 5.78 Å². The van der Waals surface area contributed by atoms with Crippen LogP contribution in [0.15, 0.2) is 12.5 Å². The van der Waals surface area contributed by atoms with Crippen molar-refractivity contribution in [1.82, 2.24) is 20.6 Å². The third-order valence-corrected chi connectivity index (χ3v) is 3.02. The second-order valence-corrected chi connectivity index (χ2v) is 4.92. The number of carbonyl (C=O) groups excluding carboxylic acids is 3. The standard InChI is InChI=1S/C13H20N4O3/c1-9(18)13(3,6-11-7-14-8-16-11)17-12(20)4-5-15-10(2)19/h7-8H,4-6H2,1-3H3,(H,14,16)(H,15,19)(H,17,20). The average molecular weight is 280 g/mol. The molecule has 1 heterocycles. The van der Waals surface area contributed by atoms with Gasteiger partial charge in [0.2, 0.25) is 11.8 Å². The average Bonchev–Trinajstić information content (AvgIpc) is 2.80.